The highest BCUT2D eigenvalue weighted by Gasteiger charge is 2.28. The topological polar surface area (TPSA) is 207 Å². The highest BCUT2D eigenvalue weighted by atomic mass is 32.2. The minimum Gasteiger partial charge on any atom is -0.284 e. The fourth-order valence-electron chi connectivity index (χ4n) is 7.90. The summed E-state index contributed by atoms with van der Waals surface area (Å²) in [7, 11) is -7.17. The maximum Gasteiger partial charge on any atom is 0.232 e. The summed E-state index contributed by atoms with van der Waals surface area (Å²) in [5.41, 5.74) is 7.19. The van der Waals surface area contributed by atoms with Crippen LogP contribution in [0, 0.1) is 0 Å². The van der Waals surface area contributed by atoms with Crippen molar-refractivity contribution in [2.45, 2.75) is 73.9 Å². The van der Waals surface area contributed by atoms with Crippen LogP contribution in [0.4, 0.5) is 11.4 Å². The van der Waals surface area contributed by atoms with E-state index in [4.69, 9.17) is 25.3 Å². The maximum absolute atomic E-state index is 13.0. The van der Waals surface area contributed by atoms with E-state index < -0.39 is 20.0 Å². The molecular formula is C49H50N12O4S6. The number of nitrogens with one attached hydrogen (secondary N) is 3. The Balaban J connectivity index is 0.843. The number of rotatable bonds is 17. The van der Waals surface area contributed by atoms with Gasteiger partial charge in [-0.05, 0) is 91.7 Å². The van der Waals surface area contributed by atoms with E-state index in [1.807, 2.05) is 48.5 Å². The van der Waals surface area contributed by atoms with E-state index in [-0.39, 0.29) is 22.3 Å². The van der Waals surface area contributed by atoms with Crippen LogP contribution in [0.25, 0.3) is 60.6 Å². The van der Waals surface area contributed by atoms with E-state index in [2.05, 4.69) is 72.1 Å². The van der Waals surface area contributed by atoms with Gasteiger partial charge in [-0.1, -0.05) is 89.3 Å². The average molecular weight is 1060 g/mol. The number of aromatic amines is 1. The van der Waals surface area contributed by atoms with Crippen LogP contribution in [0.15, 0.2) is 106 Å². The summed E-state index contributed by atoms with van der Waals surface area (Å²) < 4.78 is 64.9. The molecule has 0 aliphatic heterocycles. The first-order chi connectivity index (χ1) is 33.8. The molecule has 366 valence electrons. The number of nitrogens with zero attached hydrogens (tertiary/aromatic N) is 9. The molecule has 0 saturated carbocycles. The first-order valence-corrected chi connectivity index (χ1v) is 29.7. The van der Waals surface area contributed by atoms with Gasteiger partial charge < -0.3 is 0 Å². The zero-order chi connectivity index (χ0) is 49.7. The monoisotopic (exact) mass is 1060 g/mol. The highest BCUT2D eigenvalue weighted by molar-refractivity contribution is 8.01. The SMILES string of the molecule is CC(C)(C)c1[nH]n2nc(-c3ccc(NS(=O)(=O)CCCSc4nc5ccccc5s4)cc3)nc2c1/C=c1/c(C(C)(C)C)nn2nc(-c3ccc(NS(=O)(=O)CCCSc4nc5ccccc5s4)cc3)nc12. The molecule has 3 N–H and O–H groups in total. The molecule has 0 bridgehead atoms. The van der Waals surface area contributed by atoms with Gasteiger partial charge in [0.25, 0.3) is 0 Å². The van der Waals surface area contributed by atoms with Crippen molar-refractivity contribution in [3.05, 3.63) is 119 Å². The van der Waals surface area contributed by atoms with Crippen molar-refractivity contribution < 1.29 is 16.8 Å². The molecule has 16 nitrogen and oxygen atoms in total. The molecule has 10 aromatic rings. The number of benzene rings is 4. The summed E-state index contributed by atoms with van der Waals surface area (Å²) >= 11 is 6.37. The normalized spacial score (nSPS) is 13.1. The first-order valence-electron chi connectivity index (χ1n) is 22.8. The van der Waals surface area contributed by atoms with Crippen molar-refractivity contribution in [2.24, 2.45) is 0 Å². The number of anilines is 2. The van der Waals surface area contributed by atoms with Crippen molar-refractivity contribution in [1.29, 1.82) is 0 Å². The van der Waals surface area contributed by atoms with Gasteiger partial charge in [0.05, 0.1) is 43.3 Å². The molecule has 0 unspecified atom stereocenters. The van der Waals surface area contributed by atoms with Crippen molar-refractivity contribution in [1.82, 2.24) is 49.6 Å². The predicted molar refractivity (Wildman–Crippen MR) is 290 cm³/mol. The summed E-state index contributed by atoms with van der Waals surface area (Å²) in [6.07, 6.45) is 3.01. The summed E-state index contributed by atoms with van der Waals surface area (Å²) in [6, 6.07) is 30.0. The Morgan fingerprint density at radius 3 is 1.59 bits per heavy atom. The van der Waals surface area contributed by atoms with Gasteiger partial charge in [0, 0.05) is 55.6 Å². The van der Waals surface area contributed by atoms with E-state index in [1.165, 1.54) is 0 Å². The minimum atomic E-state index is -3.59. The number of H-pyrrole nitrogens is 1. The Labute approximate surface area is 427 Å². The molecule has 0 spiro atoms. The largest absolute Gasteiger partial charge is 0.284 e. The molecule has 6 heterocycles. The third-order valence-corrected chi connectivity index (χ3v) is 18.6. The Hall–Kier alpha value is -5.91. The van der Waals surface area contributed by atoms with Gasteiger partial charge in [-0.25, -0.2) is 36.8 Å². The lowest BCUT2D eigenvalue weighted by atomic mass is 9.88. The molecule has 6 aromatic heterocycles. The lowest BCUT2D eigenvalue weighted by Crippen LogP contribution is -2.22. The molecule has 0 atom stereocenters. The van der Waals surface area contributed by atoms with Gasteiger partial charge in [0.1, 0.15) is 0 Å². The van der Waals surface area contributed by atoms with Crippen LogP contribution in [0.3, 0.4) is 0 Å². The van der Waals surface area contributed by atoms with Crippen LogP contribution in [0.5, 0.6) is 0 Å². The minimum absolute atomic E-state index is 0.0129. The number of aromatic nitrogens is 10. The number of thioether (sulfide) groups is 2. The third kappa shape index (κ3) is 11.0. The van der Waals surface area contributed by atoms with Crippen molar-refractivity contribution in [3.8, 4) is 22.8 Å². The van der Waals surface area contributed by atoms with Crippen LogP contribution in [0.2, 0.25) is 0 Å². The predicted octanol–water partition coefficient (Wildman–Crippen LogP) is 10.0. The lowest BCUT2D eigenvalue weighted by molar-refractivity contribution is 0.553. The molecular weight excluding hydrogens is 1010 g/mol. The van der Waals surface area contributed by atoms with E-state index in [1.54, 1.807) is 104 Å². The number of para-hydroxylation sites is 2. The van der Waals surface area contributed by atoms with Crippen molar-refractivity contribution in [3.63, 3.8) is 0 Å². The van der Waals surface area contributed by atoms with E-state index in [0.29, 0.717) is 69.8 Å². The van der Waals surface area contributed by atoms with Gasteiger partial charge >= 0.3 is 0 Å². The van der Waals surface area contributed by atoms with Crippen LogP contribution in [-0.2, 0) is 30.9 Å². The summed E-state index contributed by atoms with van der Waals surface area (Å²) in [4.78, 5) is 19.3. The second-order valence-electron chi connectivity index (χ2n) is 19.0. The Morgan fingerprint density at radius 2 is 1.10 bits per heavy atom. The number of hydrogen-bond acceptors (Lipinski definition) is 15. The van der Waals surface area contributed by atoms with E-state index in [0.717, 1.165) is 51.3 Å². The van der Waals surface area contributed by atoms with E-state index in [9.17, 15) is 16.8 Å². The maximum atomic E-state index is 13.0. The van der Waals surface area contributed by atoms with Crippen LogP contribution in [-0.4, -0.2) is 89.4 Å². The molecule has 0 saturated heterocycles. The van der Waals surface area contributed by atoms with Crippen LogP contribution < -0.4 is 14.7 Å². The fourth-order valence-corrected chi connectivity index (χ4v) is 14.7. The van der Waals surface area contributed by atoms with Gasteiger partial charge in [-0.15, -0.1) is 37.5 Å². The molecule has 0 fully saturated rings. The molecule has 71 heavy (non-hydrogen) atoms. The van der Waals surface area contributed by atoms with Gasteiger partial charge in [-0.2, -0.15) is 9.73 Å². The van der Waals surface area contributed by atoms with Crippen LogP contribution in [0.1, 0.15) is 71.3 Å². The second-order valence-corrected chi connectivity index (χ2v) is 27.5. The Kier molecular flexibility index (Phi) is 13.2. The molecule has 22 heteroatoms. The van der Waals surface area contributed by atoms with Crippen molar-refractivity contribution >= 4 is 115 Å². The molecule has 10 rings (SSSR count). The molecule has 0 aliphatic carbocycles. The highest BCUT2D eigenvalue weighted by Crippen LogP contribution is 2.33. The number of fused-ring (bicyclic) bond motifs is 4. The zero-order valence-corrected chi connectivity index (χ0v) is 44.6. The van der Waals surface area contributed by atoms with Gasteiger partial charge in [-0.3, -0.25) is 14.5 Å². The van der Waals surface area contributed by atoms with Gasteiger partial charge in [0.2, 0.25) is 20.0 Å². The van der Waals surface area contributed by atoms with Crippen LogP contribution >= 0.6 is 46.2 Å². The molecule has 0 aliphatic rings. The average Bonchev–Trinajstić information content (AvgIpc) is 4.17. The smallest absolute Gasteiger partial charge is 0.232 e. The number of thiazole rings is 2. The molecule has 0 radical (unpaired) electrons. The van der Waals surface area contributed by atoms with Crippen molar-refractivity contribution in [2.75, 3.05) is 32.5 Å². The third-order valence-electron chi connectivity index (χ3n) is 11.3. The number of hydrogen-bond donors (Lipinski definition) is 3. The van der Waals surface area contributed by atoms with E-state index >= 15 is 0 Å². The molecule has 0 amide bonds. The number of sulfonamides is 2. The fraction of sp³-hybridized carbons (Fsp3) is 0.286. The zero-order valence-electron chi connectivity index (χ0n) is 39.7. The standard InChI is InChI=1S/C49H50N12O4S6/c1-48(2,3)40-34(44-52-42(56-60(44)54-40)30-17-21-32(22-18-30)58-70(62,63)27-11-25-66-46-50-36-13-7-9-15-38(36)68-46)29-35-41(49(4,5)6)55-61-45(35)53-43(57-61)31-19-23-33(24-20-31)59-71(64,65)28-12-26-67-47-51-37-14-8-10-16-39(37)69-47/h7-10,13-24,29,54,58-59H,11-12,25-28H2,1-6H3/b35-29-. The Bertz CT molecular complexity index is 3780. The summed E-state index contributed by atoms with van der Waals surface area (Å²) in [5, 5.41) is 18.8. The first kappa shape index (κ1) is 48.7. The van der Waals surface area contributed by atoms with Gasteiger partial charge in [0.15, 0.2) is 31.6 Å². The second kappa shape index (κ2) is 19.3. The quantitative estimate of drug-likeness (QED) is 0.0574. The summed E-state index contributed by atoms with van der Waals surface area (Å²) in [5.74, 6) is 2.15. The lowest BCUT2D eigenvalue weighted by Gasteiger charge is -2.18. The Morgan fingerprint density at radius 1 is 0.606 bits per heavy atom. The molecule has 4 aromatic carbocycles. The summed E-state index contributed by atoms with van der Waals surface area (Å²) in [6.45, 7) is 12.6.